The third-order valence-corrected chi connectivity index (χ3v) is 6.01. The highest BCUT2D eigenvalue weighted by atomic mass is 16.2. The minimum absolute atomic E-state index is 0.00863. The summed E-state index contributed by atoms with van der Waals surface area (Å²) >= 11 is 0. The van der Waals surface area contributed by atoms with Gasteiger partial charge in [-0.3, -0.25) is 9.78 Å². The first-order valence-corrected chi connectivity index (χ1v) is 10.5. The Morgan fingerprint density at radius 2 is 1.79 bits per heavy atom. The van der Waals surface area contributed by atoms with E-state index in [1.807, 2.05) is 25.7 Å². The number of likely N-dealkylation sites (tertiary alicyclic amines) is 1. The molecule has 0 spiro atoms. The average molecular weight is 395 g/mol. The number of likely N-dealkylation sites (N-methyl/N-ethyl adjacent to an activating group) is 1. The van der Waals surface area contributed by atoms with Gasteiger partial charge in [0.15, 0.2) is 0 Å². The van der Waals surface area contributed by atoms with Gasteiger partial charge >= 0.3 is 0 Å². The van der Waals surface area contributed by atoms with Crippen LogP contribution in [0.4, 0.5) is 5.69 Å². The maximum atomic E-state index is 13.3. The van der Waals surface area contributed by atoms with Crippen LogP contribution in [0.1, 0.15) is 52.1 Å². The maximum Gasteiger partial charge on any atom is 0.257 e. The normalized spacial score (nSPS) is 20.3. The van der Waals surface area contributed by atoms with Crippen LogP contribution >= 0.6 is 0 Å². The maximum absolute atomic E-state index is 13.3. The van der Waals surface area contributed by atoms with E-state index >= 15 is 0 Å². The van der Waals surface area contributed by atoms with Crippen molar-refractivity contribution in [2.75, 3.05) is 44.7 Å². The molecule has 2 fully saturated rings. The summed E-state index contributed by atoms with van der Waals surface area (Å²) in [7, 11) is 2.17. The van der Waals surface area contributed by atoms with Crippen molar-refractivity contribution in [1.29, 1.82) is 0 Å². The van der Waals surface area contributed by atoms with Crippen LogP contribution in [0.25, 0.3) is 0 Å². The number of aromatic nitrogens is 3. The van der Waals surface area contributed by atoms with Crippen LogP contribution in [-0.2, 0) is 0 Å². The summed E-state index contributed by atoms with van der Waals surface area (Å²) in [5, 5.41) is 0. The first kappa shape index (κ1) is 19.8. The van der Waals surface area contributed by atoms with Crippen molar-refractivity contribution in [2.45, 2.75) is 39.7 Å². The van der Waals surface area contributed by atoms with Gasteiger partial charge in [-0.1, -0.05) is 0 Å². The Morgan fingerprint density at radius 3 is 2.52 bits per heavy atom. The summed E-state index contributed by atoms with van der Waals surface area (Å²) in [4.78, 5) is 33.5. The lowest BCUT2D eigenvalue weighted by atomic mass is 10.1. The van der Waals surface area contributed by atoms with Crippen LogP contribution in [-0.4, -0.2) is 70.4 Å². The number of hydrogen-bond acceptors (Lipinski definition) is 6. The number of anilines is 1. The van der Waals surface area contributed by atoms with Gasteiger partial charge in [-0.05, 0) is 52.8 Å². The van der Waals surface area contributed by atoms with E-state index in [0.29, 0.717) is 11.4 Å². The SMILES string of the molecule is Cc1cc(N2CCN(C)CC2)cc(C2CCCN2C(=O)c2cnc(C)nc2C)n1. The van der Waals surface area contributed by atoms with E-state index in [1.54, 1.807) is 6.20 Å². The fourth-order valence-corrected chi connectivity index (χ4v) is 4.36. The van der Waals surface area contributed by atoms with Crippen LogP contribution in [0.5, 0.6) is 0 Å². The second kappa shape index (κ2) is 8.06. The predicted molar refractivity (Wildman–Crippen MR) is 113 cm³/mol. The molecule has 4 heterocycles. The summed E-state index contributed by atoms with van der Waals surface area (Å²) in [6.07, 6.45) is 3.59. The monoisotopic (exact) mass is 394 g/mol. The zero-order valence-corrected chi connectivity index (χ0v) is 17.9. The molecule has 2 aromatic rings. The lowest BCUT2D eigenvalue weighted by Gasteiger charge is -2.34. The van der Waals surface area contributed by atoms with Crippen molar-refractivity contribution in [1.82, 2.24) is 24.8 Å². The van der Waals surface area contributed by atoms with E-state index in [4.69, 9.17) is 4.98 Å². The Bertz CT molecular complexity index is 906. The third-order valence-electron chi connectivity index (χ3n) is 6.01. The molecule has 154 valence electrons. The van der Waals surface area contributed by atoms with Crippen molar-refractivity contribution in [2.24, 2.45) is 0 Å². The average Bonchev–Trinajstić information content (AvgIpc) is 3.17. The quantitative estimate of drug-likeness (QED) is 0.797. The molecular formula is C22H30N6O. The second-order valence-corrected chi connectivity index (χ2v) is 8.25. The number of piperazine rings is 1. The van der Waals surface area contributed by atoms with E-state index in [2.05, 4.69) is 38.9 Å². The first-order chi connectivity index (χ1) is 13.9. The number of aryl methyl sites for hydroxylation is 3. The number of hydrogen-bond donors (Lipinski definition) is 0. The van der Waals surface area contributed by atoms with Gasteiger partial charge in [0.1, 0.15) is 5.82 Å². The molecule has 4 rings (SSSR count). The molecule has 7 heteroatoms. The topological polar surface area (TPSA) is 65.5 Å². The fourth-order valence-electron chi connectivity index (χ4n) is 4.36. The van der Waals surface area contributed by atoms with Crippen molar-refractivity contribution in [3.05, 3.63) is 46.8 Å². The lowest BCUT2D eigenvalue weighted by Crippen LogP contribution is -2.44. The molecule has 2 aliphatic rings. The molecule has 29 heavy (non-hydrogen) atoms. The van der Waals surface area contributed by atoms with Gasteiger partial charge in [0.25, 0.3) is 5.91 Å². The molecule has 0 saturated carbocycles. The molecule has 0 aromatic carbocycles. The van der Waals surface area contributed by atoms with Gasteiger partial charge < -0.3 is 14.7 Å². The Labute approximate surface area is 172 Å². The van der Waals surface area contributed by atoms with Gasteiger partial charge in [-0.2, -0.15) is 0 Å². The molecule has 1 unspecified atom stereocenters. The smallest absolute Gasteiger partial charge is 0.257 e. The summed E-state index contributed by atoms with van der Waals surface area (Å²) in [6, 6.07) is 4.36. The molecule has 0 radical (unpaired) electrons. The Balaban J connectivity index is 1.61. The molecule has 0 bridgehead atoms. The minimum Gasteiger partial charge on any atom is -0.369 e. The molecule has 1 amide bonds. The number of nitrogens with zero attached hydrogens (tertiary/aromatic N) is 6. The standard InChI is InChI=1S/C22H30N6O/c1-15-12-18(27-10-8-26(4)9-11-27)13-20(24-15)21-6-5-7-28(21)22(29)19-14-23-17(3)25-16(19)2/h12-14,21H,5-11H2,1-4H3. The van der Waals surface area contributed by atoms with E-state index < -0.39 is 0 Å². The van der Waals surface area contributed by atoms with E-state index in [9.17, 15) is 4.79 Å². The zero-order valence-electron chi connectivity index (χ0n) is 17.9. The summed E-state index contributed by atoms with van der Waals surface area (Å²) in [5.41, 5.74) is 4.55. The van der Waals surface area contributed by atoms with Gasteiger partial charge in [-0.15, -0.1) is 0 Å². The van der Waals surface area contributed by atoms with Crippen molar-refractivity contribution in [3.63, 3.8) is 0 Å². The summed E-state index contributed by atoms with van der Waals surface area (Å²) in [5.74, 6) is 0.698. The minimum atomic E-state index is 0.00863. The number of carbonyl (C=O) groups excluding carboxylic acids is 1. The van der Waals surface area contributed by atoms with Gasteiger partial charge in [0.2, 0.25) is 0 Å². The van der Waals surface area contributed by atoms with Crippen LogP contribution < -0.4 is 4.90 Å². The van der Waals surface area contributed by atoms with E-state index in [1.165, 1.54) is 5.69 Å². The third kappa shape index (κ3) is 4.10. The Hall–Kier alpha value is -2.54. The van der Waals surface area contributed by atoms with Gasteiger partial charge in [0.05, 0.1) is 23.0 Å². The molecule has 1 atom stereocenters. The number of amides is 1. The predicted octanol–water partition coefficient (Wildman–Crippen LogP) is 2.53. The van der Waals surface area contributed by atoms with Crippen molar-refractivity contribution in [3.8, 4) is 0 Å². The highest BCUT2D eigenvalue weighted by molar-refractivity contribution is 5.95. The van der Waals surface area contributed by atoms with Gasteiger partial charge in [-0.25, -0.2) is 9.97 Å². The molecular weight excluding hydrogens is 364 g/mol. The Kier molecular flexibility index (Phi) is 5.50. The van der Waals surface area contributed by atoms with Crippen LogP contribution in [0.3, 0.4) is 0 Å². The molecule has 0 aliphatic carbocycles. The Morgan fingerprint density at radius 1 is 1.03 bits per heavy atom. The highest BCUT2D eigenvalue weighted by Crippen LogP contribution is 2.34. The largest absolute Gasteiger partial charge is 0.369 e. The van der Waals surface area contributed by atoms with Crippen molar-refractivity contribution < 1.29 is 4.79 Å². The lowest BCUT2D eigenvalue weighted by molar-refractivity contribution is 0.0731. The van der Waals surface area contributed by atoms with E-state index in [0.717, 1.165) is 62.6 Å². The van der Waals surface area contributed by atoms with Crippen molar-refractivity contribution >= 4 is 11.6 Å². The summed E-state index contributed by atoms with van der Waals surface area (Å²) in [6.45, 7) is 10.7. The molecule has 0 N–H and O–H groups in total. The molecule has 7 nitrogen and oxygen atoms in total. The molecule has 2 aromatic heterocycles. The van der Waals surface area contributed by atoms with Crippen LogP contribution in [0, 0.1) is 20.8 Å². The zero-order chi connectivity index (χ0) is 20.5. The highest BCUT2D eigenvalue weighted by Gasteiger charge is 2.33. The fraction of sp³-hybridized carbons (Fsp3) is 0.545. The molecule has 2 saturated heterocycles. The van der Waals surface area contributed by atoms with Crippen LogP contribution in [0.2, 0.25) is 0 Å². The van der Waals surface area contributed by atoms with Gasteiger partial charge in [0, 0.05) is 50.3 Å². The van der Waals surface area contributed by atoms with E-state index in [-0.39, 0.29) is 11.9 Å². The first-order valence-electron chi connectivity index (χ1n) is 10.5. The number of carbonyl (C=O) groups is 1. The summed E-state index contributed by atoms with van der Waals surface area (Å²) < 4.78 is 0. The van der Waals surface area contributed by atoms with Crippen LogP contribution in [0.15, 0.2) is 18.3 Å². The molecule has 2 aliphatic heterocycles. The second-order valence-electron chi connectivity index (χ2n) is 8.25. The number of pyridine rings is 1. The number of rotatable bonds is 3.